The Morgan fingerprint density at radius 3 is 2.64 bits per heavy atom. The van der Waals surface area contributed by atoms with Crippen molar-refractivity contribution in [3.8, 4) is 0 Å². The van der Waals surface area contributed by atoms with Crippen molar-refractivity contribution in [2.75, 3.05) is 51.0 Å². The molecule has 0 saturated carbocycles. The van der Waals surface area contributed by atoms with Crippen LogP contribution in [0.15, 0.2) is 29.2 Å². The first-order valence-electron chi connectivity index (χ1n) is 8.89. The molecule has 0 bridgehead atoms. The average molecular weight is 363 g/mol. The predicted octanol–water partition coefficient (Wildman–Crippen LogP) is 2.46. The number of amides is 2. The Bertz CT molecular complexity index is 620. The van der Waals surface area contributed by atoms with Crippen LogP contribution in [0.4, 0.5) is 10.5 Å². The van der Waals surface area contributed by atoms with Crippen molar-refractivity contribution >= 4 is 23.5 Å². The summed E-state index contributed by atoms with van der Waals surface area (Å²) >= 11 is 1.67. The van der Waals surface area contributed by atoms with E-state index in [1.165, 1.54) is 0 Å². The van der Waals surface area contributed by atoms with Gasteiger partial charge in [-0.2, -0.15) is 0 Å². The molecule has 2 amide bonds. The smallest absolute Gasteiger partial charge is 0.321 e. The fourth-order valence-electron chi connectivity index (χ4n) is 3.77. The van der Waals surface area contributed by atoms with Gasteiger partial charge in [-0.3, -0.25) is 4.90 Å². The molecule has 0 radical (unpaired) electrons. The van der Waals surface area contributed by atoms with Gasteiger partial charge in [0.25, 0.3) is 0 Å². The zero-order chi connectivity index (χ0) is 17.3. The van der Waals surface area contributed by atoms with E-state index in [0.717, 1.165) is 62.8 Å². The molecule has 3 aliphatic rings. The van der Waals surface area contributed by atoms with E-state index < -0.39 is 0 Å². The largest absolute Gasteiger partial charge is 0.347 e. The minimum atomic E-state index is -0.320. The summed E-state index contributed by atoms with van der Waals surface area (Å²) in [5.74, 6) is -0.320. The van der Waals surface area contributed by atoms with Crippen molar-refractivity contribution in [3.05, 3.63) is 24.3 Å². The van der Waals surface area contributed by atoms with Crippen LogP contribution in [-0.4, -0.2) is 73.3 Å². The van der Waals surface area contributed by atoms with Crippen molar-refractivity contribution in [2.24, 2.45) is 0 Å². The van der Waals surface area contributed by atoms with E-state index in [4.69, 9.17) is 9.47 Å². The maximum absolute atomic E-state index is 12.4. The summed E-state index contributed by atoms with van der Waals surface area (Å²) in [6.45, 7) is 4.99. The maximum Gasteiger partial charge on any atom is 0.321 e. The van der Waals surface area contributed by atoms with Crippen LogP contribution in [0.1, 0.15) is 12.8 Å². The van der Waals surface area contributed by atoms with Gasteiger partial charge in [-0.25, -0.2) is 4.79 Å². The summed E-state index contributed by atoms with van der Waals surface area (Å²) in [6, 6.07) is 8.40. The normalized spacial score (nSPS) is 23.6. The first-order valence-corrected chi connectivity index (χ1v) is 10.1. The molecule has 4 rings (SSSR count). The molecule has 0 atom stereocenters. The Balaban J connectivity index is 1.24. The van der Waals surface area contributed by atoms with Gasteiger partial charge in [-0.15, -0.1) is 11.8 Å². The minimum Gasteiger partial charge on any atom is -0.347 e. The number of nitrogens with zero attached hydrogens (tertiary/aromatic N) is 2. The Kier molecular flexibility index (Phi) is 4.90. The molecule has 6 nitrogen and oxygen atoms in total. The van der Waals surface area contributed by atoms with E-state index in [1.807, 2.05) is 35.4 Å². The van der Waals surface area contributed by atoms with Gasteiger partial charge in [0.2, 0.25) is 0 Å². The van der Waals surface area contributed by atoms with Crippen molar-refractivity contribution < 1.29 is 14.3 Å². The zero-order valence-electron chi connectivity index (χ0n) is 14.6. The SMILES string of the molecule is CSc1cccc(NC(=O)N2CC(N3CCC4(CC3)OCCO4)C2)c1. The van der Waals surface area contributed by atoms with Crippen LogP contribution in [0, 0.1) is 0 Å². The number of benzene rings is 1. The summed E-state index contributed by atoms with van der Waals surface area (Å²) in [5.41, 5.74) is 0.857. The highest BCUT2D eigenvalue weighted by Crippen LogP contribution is 2.33. The number of hydrogen-bond acceptors (Lipinski definition) is 5. The Hall–Kier alpha value is -1.28. The molecular formula is C18H25N3O3S. The lowest BCUT2D eigenvalue weighted by Crippen LogP contribution is -2.64. The third-order valence-corrected chi connectivity index (χ3v) is 6.09. The lowest BCUT2D eigenvalue weighted by molar-refractivity contribution is -0.190. The van der Waals surface area contributed by atoms with Gasteiger partial charge in [-0.05, 0) is 24.5 Å². The molecule has 0 aromatic heterocycles. The predicted molar refractivity (Wildman–Crippen MR) is 98.0 cm³/mol. The molecule has 1 N–H and O–H groups in total. The number of rotatable bonds is 3. The van der Waals surface area contributed by atoms with Crippen molar-refractivity contribution in [3.63, 3.8) is 0 Å². The number of ether oxygens (including phenoxy) is 2. The molecule has 0 aliphatic carbocycles. The van der Waals surface area contributed by atoms with Crippen LogP contribution in [-0.2, 0) is 9.47 Å². The number of carbonyl (C=O) groups is 1. The molecular weight excluding hydrogens is 338 g/mol. The number of nitrogens with one attached hydrogen (secondary N) is 1. The Labute approximate surface area is 152 Å². The van der Waals surface area contributed by atoms with Gasteiger partial charge in [0.05, 0.1) is 13.2 Å². The number of likely N-dealkylation sites (tertiary alicyclic amines) is 2. The van der Waals surface area contributed by atoms with Crippen molar-refractivity contribution in [1.29, 1.82) is 0 Å². The fraction of sp³-hybridized carbons (Fsp3) is 0.611. The molecule has 1 aromatic carbocycles. The highest BCUT2D eigenvalue weighted by Gasteiger charge is 2.43. The van der Waals surface area contributed by atoms with Crippen LogP contribution in [0.3, 0.4) is 0 Å². The van der Waals surface area contributed by atoms with E-state index >= 15 is 0 Å². The highest BCUT2D eigenvalue weighted by molar-refractivity contribution is 7.98. The maximum atomic E-state index is 12.4. The molecule has 136 valence electrons. The number of urea groups is 1. The summed E-state index contributed by atoms with van der Waals surface area (Å²) in [5, 5.41) is 3.00. The standard InChI is InChI=1S/C18H25N3O3S/c1-25-16-4-2-3-14(11-16)19-17(22)21-12-15(13-21)20-7-5-18(6-8-20)23-9-10-24-18/h2-4,11,15H,5-10,12-13H2,1H3,(H,19,22). The molecule has 3 aliphatic heterocycles. The van der Waals surface area contributed by atoms with Gasteiger partial charge in [0, 0.05) is 55.6 Å². The summed E-state index contributed by atoms with van der Waals surface area (Å²) in [7, 11) is 0. The number of carbonyl (C=O) groups excluding carboxylic acids is 1. The van der Waals surface area contributed by atoms with Crippen LogP contribution in [0.5, 0.6) is 0 Å². The first kappa shape index (κ1) is 17.1. The quantitative estimate of drug-likeness (QED) is 0.836. The van der Waals surface area contributed by atoms with Gasteiger partial charge in [0.1, 0.15) is 0 Å². The van der Waals surface area contributed by atoms with E-state index in [9.17, 15) is 4.79 Å². The second-order valence-electron chi connectivity index (χ2n) is 6.86. The number of thioether (sulfide) groups is 1. The third-order valence-electron chi connectivity index (χ3n) is 5.36. The van der Waals surface area contributed by atoms with Crippen LogP contribution in [0.2, 0.25) is 0 Å². The van der Waals surface area contributed by atoms with Gasteiger partial charge < -0.3 is 19.7 Å². The first-order chi connectivity index (χ1) is 12.2. The minimum absolute atomic E-state index is 0.00885. The van der Waals surface area contributed by atoms with Gasteiger partial charge >= 0.3 is 6.03 Å². The number of hydrogen-bond donors (Lipinski definition) is 1. The highest BCUT2D eigenvalue weighted by atomic mass is 32.2. The monoisotopic (exact) mass is 363 g/mol. The molecule has 3 saturated heterocycles. The molecule has 1 aromatic rings. The second-order valence-corrected chi connectivity index (χ2v) is 7.74. The Morgan fingerprint density at radius 1 is 1.24 bits per heavy atom. The Morgan fingerprint density at radius 2 is 1.96 bits per heavy atom. The molecule has 0 unspecified atom stereocenters. The van der Waals surface area contributed by atoms with E-state index in [1.54, 1.807) is 11.8 Å². The summed E-state index contributed by atoms with van der Waals surface area (Å²) < 4.78 is 11.6. The third kappa shape index (κ3) is 3.65. The van der Waals surface area contributed by atoms with Gasteiger partial charge in [-0.1, -0.05) is 6.07 Å². The lowest BCUT2D eigenvalue weighted by Gasteiger charge is -2.48. The molecule has 3 heterocycles. The second kappa shape index (κ2) is 7.15. The zero-order valence-corrected chi connectivity index (χ0v) is 15.4. The van der Waals surface area contributed by atoms with Crippen molar-refractivity contribution in [2.45, 2.75) is 29.6 Å². The summed E-state index contributed by atoms with van der Waals surface area (Å²) in [4.78, 5) is 17.9. The number of piperidine rings is 1. The lowest BCUT2D eigenvalue weighted by atomic mass is 9.99. The average Bonchev–Trinajstić information content (AvgIpc) is 3.04. The van der Waals surface area contributed by atoms with E-state index in [-0.39, 0.29) is 11.8 Å². The van der Waals surface area contributed by atoms with E-state index in [0.29, 0.717) is 6.04 Å². The van der Waals surface area contributed by atoms with Crippen LogP contribution in [0.25, 0.3) is 0 Å². The van der Waals surface area contributed by atoms with Crippen LogP contribution < -0.4 is 5.32 Å². The van der Waals surface area contributed by atoms with Crippen molar-refractivity contribution in [1.82, 2.24) is 9.80 Å². The van der Waals surface area contributed by atoms with Gasteiger partial charge in [0.15, 0.2) is 5.79 Å². The molecule has 1 spiro atoms. The molecule has 7 heteroatoms. The topological polar surface area (TPSA) is 54.0 Å². The van der Waals surface area contributed by atoms with E-state index in [2.05, 4.69) is 10.2 Å². The van der Waals surface area contributed by atoms with Crippen LogP contribution >= 0.6 is 11.8 Å². The number of anilines is 1. The molecule has 25 heavy (non-hydrogen) atoms. The molecule has 3 fully saturated rings. The fourth-order valence-corrected chi connectivity index (χ4v) is 4.23. The summed E-state index contributed by atoms with van der Waals surface area (Å²) in [6.07, 6.45) is 3.89.